The first-order chi connectivity index (χ1) is 20.4. The molecule has 0 N–H and O–H groups in total. The molecule has 6 nitrogen and oxygen atoms in total. The van der Waals surface area contributed by atoms with Crippen LogP contribution in [0.15, 0.2) is 97.1 Å². The Morgan fingerprint density at radius 3 is 1.29 bits per heavy atom. The first-order valence-corrected chi connectivity index (χ1v) is 14.4. The van der Waals surface area contributed by atoms with Crippen molar-refractivity contribution >= 4 is 34.7 Å². The lowest BCUT2D eigenvalue weighted by atomic mass is 9.71. The Morgan fingerprint density at radius 1 is 0.595 bits per heavy atom. The summed E-state index contributed by atoms with van der Waals surface area (Å²) in [7, 11) is 0. The number of rotatable bonds is 8. The van der Waals surface area contributed by atoms with Crippen LogP contribution < -0.4 is 0 Å². The Hall–Kier alpha value is -4.58. The zero-order chi connectivity index (χ0) is 29.6. The highest BCUT2D eigenvalue weighted by Crippen LogP contribution is 2.43. The zero-order valence-corrected chi connectivity index (χ0v) is 23.8. The maximum atomic E-state index is 13.3. The molecule has 2 aliphatic rings. The molecule has 4 atom stereocenters. The second-order valence-corrected chi connectivity index (χ2v) is 10.6. The van der Waals surface area contributed by atoms with E-state index in [1.807, 2.05) is 84.9 Å². The van der Waals surface area contributed by atoms with Crippen LogP contribution in [0.1, 0.15) is 60.8 Å². The fourth-order valence-corrected chi connectivity index (χ4v) is 6.09. The highest BCUT2D eigenvalue weighted by molar-refractivity contribution is 6.11. The van der Waals surface area contributed by atoms with Gasteiger partial charge in [0.15, 0.2) is 11.6 Å². The number of esters is 2. The van der Waals surface area contributed by atoms with Gasteiger partial charge in [0.1, 0.15) is 11.8 Å². The molecule has 4 unspecified atom stereocenters. The quantitative estimate of drug-likeness (QED) is 0.236. The number of ether oxygens (including phenoxy) is 2. The summed E-state index contributed by atoms with van der Waals surface area (Å²) in [5.74, 6) is -4.33. The predicted molar refractivity (Wildman–Crippen MR) is 160 cm³/mol. The Bertz CT molecular complexity index is 1400. The van der Waals surface area contributed by atoms with E-state index in [0.717, 1.165) is 33.4 Å². The van der Waals surface area contributed by atoms with Crippen LogP contribution in [0.3, 0.4) is 0 Å². The molecular weight excluding hydrogens is 528 g/mol. The van der Waals surface area contributed by atoms with Gasteiger partial charge in [-0.05, 0) is 72.2 Å². The van der Waals surface area contributed by atoms with E-state index in [1.165, 1.54) is 0 Å². The molecule has 2 aliphatic carbocycles. The Labute approximate surface area is 246 Å². The van der Waals surface area contributed by atoms with Crippen molar-refractivity contribution in [3.8, 4) is 0 Å². The summed E-state index contributed by atoms with van der Waals surface area (Å²) in [4.78, 5) is 52.6. The van der Waals surface area contributed by atoms with Crippen molar-refractivity contribution in [2.75, 3.05) is 13.2 Å². The van der Waals surface area contributed by atoms with Crippen molar-refractivity contribution in [1.82, 2.24) is 0 Å². The Balaban J connectivity index is 1.49. The second kappa shape index (κ2) is 12.9. The Kier molecular flexibility index (Phi) is 8.91. The van der Waals surface area contributed by atoms with E-state index in [-0.39, 0.29) is 24.8 Å². The van der Waals surface area contributed by atoms with Crippen LogP contribution >= 0.6 is 0 Å². The fourth-order valence-electron chi connectivity index (χ4n) is 6.09. The minimum atomic E-state index is -0.945. The monoisotopic (exact) mass is 562 g/mol. The Morgan fingerprint density at radius 2 is 0.952 bits per heavy atom. The zero-order valence-electron chi connectivity index (χ0n) is 23.8. The maximum absolute atomic E-state index is 13.3. The van der Waals surface area contributed by atoms with E-state index in [9.17, 15) is 19.2 Å². The van der Waals surface area contributed by atoms with Gasteiger partial charge in [0.05, 0.1) is 13.2 Å². The van der Waals surface area contributed by atoms with E-state index in [1.54, 1.807) is 26.0 Å². The number of hydrogen-bond acceptors (Lipinski definition) is 6. The largest absolute Gasteiger partial charge is 0.465 e. The highest BCUT2D eigenvalue weighted by atomic mass is 16.5. The molecule has 0 bridgehead atoms. The third-order valence-corrected chi connectivity index (χ3v) is 8.09. The standard InChI is InChI=1S/C36H34O6/c1-3-41-35(39)33-29(19-27(21-31(33)37)23-11-7-5-8-12-23)25-15-17-26(18-16-25)30-20-28(24-13-9-6-10-14-24)22-32(38)34(30)36(40)42-4-2/h5-18,21-22,29-30,33-34H,3-4,19-20H2,1-2H3. The number of ketones is 2. The average Bonchev–Trinajstić information content (AvgIpc) is 3.01. The SMILES string of the molecule is CCOC(=O)C1C(=O)C=C(c2ccccc2)CC1c1ccc(C2CC(c3ccccc3)=CC(=O)C2C(=O)OCC)cc1. The van der Waals surface area contributed by atoms with Crippen molar-refractivity contribution in [3.05, 3.63) is 119 Å². The molecule has 5 rings (SSSR count). The van der Waals surface area contributed by atoms with Crippen molar-refractivity contribution < 1.29 is 28.7 Å². The number of carbonyl (C=O) groups is 4. The van der Waals surface area contributed by atoms with Gasteiger partial charge in [0.25, 0.3) is 0 Å². The summed E-state index contributed by atoms with van der Waals surface area (Å²) < 4.78 is 10.6. The molecular formula is C36H34O6. The highest BCUT2D eigenvalue weighted by Gasteiger charge is 2.42. The third-order valence-electron chi connectivity index (χ3n) is 8.09. The van der Waals surface area contributed by atoms with Crippen molar-refractivity contribution in [2.24, 2.45) is 11.8 Å². The summed E-state index contributed by atoms with van der Waals surface area (Å²) in [6.45, 7) is 3.82. The molecule has 0 fully saturated rings. The van der Waals surface area contributed by atoms with Gasteiger partial charge in [-0.2, -0.15) is 0 Å². The van der Waals surface area contributed by atoms with Crippen LogP contribution in [0.4, 0.5) is 0 Å². The van der Waals surface area contributed by atoms with Gasteiger partial charge in [0.2, 0.25) is 0 Å². The van der Waals surface area contributed by atoms with E-state index >= 15 is 0 Å². The number of hydrogen-bond donors (Lipinski definition) is 0. The molecule has 3 aromatic rings. The topological polar surface area (TPSA) is 86.7 Å². The molecule has 0 amide bonds. The van der Waals surface area contributed by atoms with E-state index in [4.69, 9.17) is 9.47 Å². The van der Waals surface area contributed by atoms with Crippen LogP contribution in [0.2, 0.25) is 0 Å². The van der Waals surface area contributed by atoms with Crippen molar-refractivity contribution in [3.63, 3.8) is 0 Å². The number of carbonyl (C=O) groups excluding carboxylic acids is 4. The van der Waals surface area contributed by atoms with Crippen LogP contribution in [0.25, 0.3) is 11.1 Å². The van der Waals surface area contributed by atoms with Crippen molar-refractivity contribution in [1.29, 1.82) is 0 Å². The molecule has 0 saturated carbocycles. The summed E-state index contributed by atoms with van der Waals surface area (Å²) in [5.41, 5.74) is 5.25. The minimum absolute atomic E-state index is 0.186. The normalized spacial score (nSPS) is 22.1. The molecule has 42 heavy (non-hydrogen) atoms. The van der Waals surface area contributed by atoms with E-state index in [0.29, 0.717) is 12.8 Å². The molecule has 3 aromatic carbocycles. The van der Waals surface area contributed by atoms with Crippen molar-refractivity contribution in [2.45, 2.75) is 38.5 Å². The molecule has 0 aromatic heterocycles. The molecule has 0 radical (unpaired) electrons. The summed E-state index contributed by atoms with van der Waals surface area (Å²) in [6, 6.07) is 27.0. The lowest BCUT2D eigenvalue weighted by Crippen LogP contribution is -2.34. The molecule has 0 spiro atoms. The van der Waals surface area contributed by atoms with Gasteiger partial charge in [-0.1, -0.05) is 84.9 Å². The average molecular weight is 563 g/mol. The van der Waals surface area contributed by atoms with Crippen LogP contribution in [-0.2, 0) is 28.7 Å². The molecule has 0 saturated heterocycles. The van der Waals surface area contributed by atoms with Gasteiger partial charge in [-0.15, -0.1) is 0 Å². The first-order valence-electron chi connectivity index (χ1n) is 14.4. The molecule has 214 valence electrons. The second-order valence-electron chi connectivity index (χ2n) is 10.6. The van der Waals surface area contributed by atoms with Gasteiger partial charge < -0.3 is 9.47 Å². The lowest BCUT2D eigenvalue weighted by molar-refractivity contribution is -0.153. The van der Waals surface area contributed by atoms with Crippen LogP contribution in [0.5, 0.6) is 0 Å². The minimum Gasteiger partial charge on any atom is -0.465 e. The summed E-state index contributed by atoms with van der Waals surface area (Å²) in [5, 5.41) is 0. The molecule has 0 heterocycles. The van der Waals surface area contributed by atoms with Crippen LogP contribution in [-0.4, -0.2) is 36.7 Å². The number of benzene rings is 3. The van der Waals surface area contributed by atoms with Gasteiger partial charge in [-0.25, -0.2) is 0 Å². The smallest absolute Gasteiger partial charge is 0.317 e. The van der Waals surface area contributed by atoms with E-state index in [2.05, 4.69) is 0 Å². The summed E-state index contributed by atoms with van der Waals surface area (Å²) in [6.07, 6.45) is 4.12. The molecule has 6 heteroatoms. The van der Waals surface area contributed by atoms with E-state index < -0.39 is 35.6 Å². The summed E-state index contributed by atoms with van der Waals surface area (Å²) >= 11 is 0. The van der Waals surface area contributed by atoms with Gasteiger partial charge in [-0.3, -0.25) is 19.2 Å². The van der Waals surface area contributed by atoms with Gasteiger partial charge >= 0.3 is 11.9 Å². The fraction of sp³-hybridized carbons (Fsp3) is 0.278. The molecule has 0 aliphatic heterocycles. The third kappa shape index (κ3) is 6.03. The van der Waals surface area contributed by atoms with Gasteiger partial charge in [0, 0.05) is 11.8 Å². The lowest BCUT2D eigenvalue weighted by Gasteiger charge is -2.31. The predicted octanol–water partition coefficient (Wildman–Crippen LogP) is 6.33. The van der Waals surface area contributed by atoms with Crippen LogP contribution in [0, 0.1) is 11.8 Å². The first kappa shape index (κ1) is 28.9. The maximum Gasteiger partial charge on any atom is 0.317 e. The number of allylic oxidation sites excluding steroid dienone is 4.